The number of carbonyl (C=O) groups is 1. The summed E-state index contributed by atoms with van der Waals surface area (Å²) in [7, 11) is 0. The van der Waals surface area contributed by atoms with Gasteiger partial charge in [-0.25, -0.2) is 0 Å². The molecule has 2 aromatic rings. The molecule has 0 amide bonds. The van der Waals surface area contributed by atoms with E-state index in [0.717, 1.165) is 18.4 Å². The SMILES string of the molecule is O=C(Cc1ccncc1Cl)C1Cc2ccccc2C1. The number of carbonyl (C=O) groups excluding carboxylic acids is 1. The van der Waals surface area contributed by atoms with E-state index in [1.807, 2.05) is 18.2 Å². The molecule has 1 aromatic carbocycles. The van der Waals surface area contributed by atoms with Gasteiger partial charge in [0, 0.05) is 24.7 Å². The van der Waals surface area contributed by atoms with Crippen molar-refractivity contribution >= 4 is 17.4 Å². The average molecular weight is 272 g/mol. The van der Waals surface area contributed by atoms with E-state index in [2.05, 4.69) is 17.1 Å². The van der Waals surface area contributed by atoms with Gasteiger partial charge in [0.1, 0.15) is 5.78 Å². The van der Waals surface area contributed by atoms with E-state index < -0.39 is 0 Å². The van der Waals surface area contributed by atoms with E-state index in [0.29, 0.717) is 11.4 Å². The minimum atomic E-state index is 0.0987. The molecule has 19 heavy (non-hydrogen) atoms. The molecule has 96 valence electrons. The summed E-state index contributed by atoms with van der Waals surface area (Å²) in [6.45, 7) is 0. The minimum absolute atomic E-state index is 0.0987. The number of Topliss-reactive ketones (excluding diaryl/α,β-unsaturated/α-hetero) is 1. The first-order valence-corrected chi connectivity index (χ1v) is 6.79. The van der Waals surface area contributed by atoms with E-state index in [1.165, 1.54) is 11.1 Å². The fraction of sp³-hybridized carbons (Fsp3) is 0.250. The highest BCUT2D eigenvalue weighted by molar-refractivity contribution is 6.31. The first kappa shape index (κ1) is 12.4. The number of nitrogens with zero attached hydrogens (tertiary/aromatic N) is 1. The normalized spacial score (nSPS) is 14.4. The van der Waals surface area contributed by atoms with Gasteiger partial charge in [0.05, 0.1) is 5.02 Å². The molecule has 0 atom stereocenters. The maximum absolute atomic E-state index is 12.4. The van der Waals surface area contributed by atoms with E-state index in [-0.39, 0.29) is 11.7 Å². The van der Waals surface area contributed by atoms with Gasteiger partial charge in [0.25, 0.3) is 0 Å². The third-order valence-corrected chi connectivity index (χ3v) is 4.07. The number of hydrogen-bond donors (Lipinski definition) is 0. The zero-order chi connectivity index (χ0) is 13.2. The van der Waals surface area contributed by atoms with Crippen molar-refractivity contribution in [2.75, 3.05) is 0 Å². The lowest BCUT2D eigenvalue weighted by Crippen LogP contribution is -2.17. The largest absolute Gasteiger partial charge is 0.299 e. The molecule has 0 unspecified atom stereocenters. The lowest BCUT2D eigenvalue weighted by atomic mass is 9.96. The van der Waals surface area contributed by atoms with E-state index in [9.17, 15) is 4.79 Å². The second kappa shape index (κ2) is 5.14. The number of benzene rings is 1. The van der Waals surface area contributed by atoms with Gasteiger partial charge >= 0.3 is 0 Å². The molecule has 3 heteroatoms. The van der Waals surface area contributed by atoms with Crippen LogP contribution in [0.2, 0.25) is 5.02 Å². The van der Waals surface area contributed by atoms with Crippen LogP contribution in [0.1, 0.15) is 16.7 Å². The van der Waals surface area contributed by atoms with Crippen LogP contribution in [0.4, 0.5) is 0 Å². The highest BCUT2D eigenvalue weighted by atomic mass is 35.5. The van der Waals surface area contributed by atoms with Crippen molar-refractivity contribution < 1.29 is 4.79 Å². The molecular formula is C16H14ClNO. The molecule has 0 bridgehead atoms. The van der Waals surface area contributed by atoms with Gasteiger partial charge in [-0.05, 0) is 35.6 Å². The second-order valence-corrected chi connectivity index (χ2v) is 5.39. The fourth-order valence-electron chi connectivity index (χ4n) is 2.67. The summed E-state index contributed by atoms with van der Waals surface area (Å²) in [6, 6.07) is 10.1. The van der Waals surface area contributed by atoms with Crippen LogP contribution in [-0.2, 0) is 24.1 Å². The number of ketones is 1. The maximum atomic E-state index is 12.4. The Kier molecular flexibility index (Phi) is 3.34. The van der Waals surface area contributed by atoms with E-state index in [4.69, 9.17) is 11.6 Å². The number of aromatic nitrogens is 1. The summed E-state index contributed by atoms with van der Waals surface area (Å²) < 4.78 is 0. The topological polar surface area (TPSA) is 30.0 Å². The van der Waals surface area contributed by atoms with Crippen LogP contribution in [0.15, 0.2) is 42.7 Å². The Bertz CT molecular complexity index is 599. The first-order valence-electron chi connectivity index (χ1n) is 6.42. The zero-order valence-corrected chi connectivity index (χ0v) is 11.2. The summed E-state index contributed by atoms with van der Waals surface area (Å²) in [5.74, 6) is 0.367. The minimum Gasteiger partial charge on any atom is -0.299 e. The van der Waals surface area contributed by atoms with Gasteiger partial charge in [-0.2, -0.15) is 0 Å². The summed E-state index contributed by atoms with van der Waals surface area (Å²) in [6.07, 6.45) is 5.39. The molecule has 0 N–H and O–H groups in total. The van der Waals surface area contributed by atoms with Gasteiger partial charge in [0.2, 0.25) is 0 Å². The lowest BCUT2D eigenvalue weighted by molar-refractivity contribution is -0.121. The van der Waals surface area contributed by atoms with Crippen LogP contribution in [0.25, 0.3) is 0 Å². The molecule has 1 heterocycles. The quantitative estimate of drug-likeness (QED) is 0.858. The molecule has 0 radical (unpaired) electrons. The molecule has 1 aromatic heterocycles. The molecule has 0 fully saturated rings. The van der Waals surface area contributed by atoms with Gasteiger partial charge in [-0.3, -0.25) is 9.78 Å². The Hall–Kier alpha value is -1.67. The summed E-state index contributed by atoms with van der Waals surface area (Å²) in [4.78, 5) is 16.3. The van der Waals surface area contributed by atoms with Crippen molar-refractivity contribution in [3.63, 3.8) is 0 Å². The second-order valence-electron chi connectivity index (χ2n) is 4.98. The van der Waals surface area contributed by atoms with E-state index in [1.54, 1.807) is 12.4 Å². The number of fused-ring (bicyclic) bond motifs is 1. The van der Waals surface area contributed by atoms with Crippen molar-refractivity contribution in [2.24, 2.45) is 5.92 Å². The van der Waals surface area contributed by atoms with Crippen molar-refractivity contribution in [3.05, 3.63) is 64.4 Å². The molecule has 1 aliphatic rings. The molecule has 1 aliphatic carbocycles. The predicted octanol–water partition coefficient (Wildman–Crippen LogP) is 3.26. The molecule has 2 nitrogen and oxygen atoms in total. The average Bonchev–Trinajstić information content (AvgIpc) is 2.85. The Morgan fingerprint density at radius 2 is 1.89 bits per heavy atom. The zero-order valence-electron chi connectivity index (χ0n) is 10.5. The van der Waals surface area contributed by atoms with Gasteiger partial charge in [-0.1, -0.05) is 35.9 Å². The maximum Gasteiger partial charge on any atom is 0.141 e. The van der Waals surface area contributed by atoms with Crippen molar-refractivity contribution in [2.45, 2.75) is 19.3 Å². The summed E-state index contributed by atoms with van der Waals surface area (Å²) in [5, 5.41) is 0.575. The molecule has 0 spiro atoms. The Morgan fingerprint density at radius 3 is 2.53 bits per heavy atom. The van der Waals surface area contributed by atoms with Crippen LogP contribution in [0.5, 0.6) is 0 Å². The lowest BCUT2D eigenvalue weighted by Gasteiger charge is -2.08. The fourth-order valence-corrected chi connectivity index (χ4v) is 2.85. The number of halogens is 1. The highest BCUT2D eigenvalue weighted by Gasteiger charge is 2.27. The van der Waals surface area contributed by atoms with Crippen LogP contribution in [0, 0.1) is 5.92 Å². The van der Waals surface area contributed by atoms with Gasteiger partial charge < -0.3 is 0 Å². The Balaban J connectivity index is 1.72. The monoisotopic (exact) mass is 271 g/mol. The predicted molar refractivity (Wildman–Crippen MR) is 75.3 cm³/mol. The Labute approximate surface area is 117 Å². The van der Waals surface area contributed by atoms with Gasteiger partial charge in [-0.15, -0.1) is 0 Å². The molecule has 0 aliphatic heterocycles. The Morgan fingerprint density at radius 1 is 1.21 bits per heavy atom. The third-order valence-electron chi connectivity index (χ3n) is 3.73. The van der Waals surface area contributed by atoms with Crippen LogP contribution in [0.3, 0.4) is 0 Å². The van der Waals surface area contributed by atoms with Crippen LogP contribution < -0.4 is 0 Å². The summed E-state index contributed by atoms with van der Waals surface area (Å²) >= 11 is 6.05. The smallest absolute Gasteiger partial charge is 0.141 e. The van der Waals surface area contributed by atoms with Crippen LogP contribution in [-0.4, -0.2) is 10.8 Å². The number of pyridine rings is 1. The van der Waals surface area contributed by atoms with Crippen LogP contribution >= 0.6 is 11.6 Å². The van der Waals surface area contributed by atoms with Crippen molar-refractivity contribution in [3.8, 4) is 0 Å². The molecule has 0 saturated heterocycles. The third kappa shape index (κ3) is 2.54. The standard InChI is InChI=1S/C16H14ClNO/c17-15-10-18-6-5-13(15)9-16(19)14-7-11-3-1-2-4-12(11)8-14/h1-6,10,14H,7-9H2. The van der Waals surface area contributed by atoms with Gasteiger partial charge in [0.15, 0.2) is 0 Å². The summed E-state index contributed by atoms with van der Waals surface area (Å²) in [5.41, 5.74) is 3.49. The highest BCUT2D eigenvalue weighted by Crippen LogP contribution is 2.28. The molecular weight excluding hydrogens is 258 g/mol. The molecule has 3 rings (SSSR count). The van der Waals surface area contributed by atoms with Crippen molar-refractivity contribution in [1.82, 2.24) is 4.98 Å². The first-order chi connectivity index (χ1) is 9.24. The number of hydrogen-bond acceptors (Lipinski definition) is 2. The van der Waals surface area contributed by atoms with E-state index >= 15 is 0 Å². The molecule has 0 saturated carbocycles. The number of rotatable bonds is 3. The van der Waals surface area contributed by atoms with Crippen molar-refractivity contribution in [1.29, 1.82) is 0 Å².